The number of aryl methyl sites for hydroxylation is 1. The van der Waals surface area contributed by atoms with E-state index >= 15 is 0 Å². The van der Waals surface area contributed by atoms with Crippen molar-refractivity contribution in [3.05, 3.63) is 35.1 Å². The lowest BCUT2D eigenvalue weighted by atomic mass is 9.92. The molecule has 1 aromatic carbocycles. The highest BCUT2D eigenvalue weighted by molar-refractivity contribution is 5.82. The first-order valence-corrected chi connectivity index (χ1v) is 7.34. The fourth-order valence-corrected chi connectivity index (χ4v) is 2.77. The van der Waals surface area contributed by atoms with Crippen LogP contribution in [-0.2, 0) is 11.2 Å². The van der Waals surface area contributed by atoms with Crippen molar-refractivity contribution < 1.29 is 9.18 Å². The molecule has 1 amide bonds. The van der Waals surface area contributed by atoms with Crippen molar-refractivity contribution in [1.29, 1.82) is 0 Å². The van der Waals surface area contributed by atoms with Crippen LogP contribution in [0, 0.1) is 18.7 Å². The lowest BCUT2D eigenvalue weighted by Gasteiger charge is -2.28. The van der Waals surface area contributed by atoms with Gasteiger partial charge in [-0.15, -0.1) is 0 Å². The van der Waals surface area contributed by atoms with Crippen molar-refractivity contribution in [2.45, 2.75) is 39.2 Å². The van der Waals surface area contributed by atoms with E-state index in [0.717, 1.165) is 36.9 Å². The molecule has 1 aliphatic rings. The molecule has 2 atom stereocenters. The van der Waals surface area contributed by atoms with E-state index in [1.807, 2.05) is 6.92 Å². The molecule has 2 unspecified atom stereocenters. The van der Waals surface area contributed by atoms with Gasteiger partial charge < -0.3 is 10.6 Å². The van der Waals surface area contributed by atoms with Crippen molar-refractivity contribution in [2.75, 3.05) is 13.1 Å². The van der Waals surface area contributed by atoms with Crippen molar-refractivity contribution in [1.82, 2.24) is 10.6 Å². The summed E-state index contributed by atoms with van der Waals surface area (Å²) in [6.45, 7) is 5.52. The van der Waals surface area contributed by atoms with Crippen molar-refractivity contribution in [2.24, 2.45) is 5.92 Å². The molecule has 0 saturated carbocycles. The quantitative estimate of drug-likeness (QED) is 0.886. The van der Waals surface area contributed by atoms with Crippen molar-refractivity contribution in [3.8, 4) is 0 Å². The fraction of sp³-hybridized carbons (Fsp3) is 0.562. The molecule has 1 aromatic rings. The van der Waals surface area contributed by atoms with Gasteiger partial charge >= 0.3 is 0 Å². The van der Waals surface area contributed by atoms with Gasteiger partial charge in [0.05, 0.1) is 6.04 Å². The Morgan fingerprint density at radius 3 is 3.00 bits per heavy atom. The Kier molecular flexibility index (Phi) is 5.12. The number of benzene rings is 1. The van der Waals surface area contributed by atoms with Gasteiger partial charge in [0.2, 0.25) is 5.91 Å². The number of carbonyl (C=O) groups excluding carboxylic acids is 1. The van der Waals surface area contributed by atoms with E-state index in [4.69, 9.17) is 0 Å². The molecule has 1 heterocycles. The maximum absolute atomic E-state index is 13.0. The number of carbonyl (C=O) groups is 1. The number of halogens is 1. The molecule has 2 N–H and O–H groups in total. The summed E-state index contributed by atoms with van der Waals surface area (Å²) in [5, 5.41) is 6.25. The summed E-state index contributed by atoms with van der Waals surface area (Å²) in [5.41, 5.74) is 2.01. The highest BCUT2D eigenvalue weighted by atomic mass is 19.1. The van der Waals surface area contributed by atoms with Gasteiger partial charge in [0.15, 0.2) is 0 Å². The highest BCUT2D eigenvalue weighted by Crippen LogP contribution is 2.15. The number of piperidine rings is 1. The van der Waals surface area contributed by atoms with Crippen LogP contribution < -0.4 is 10.6 Å². The van der Waals surface area contributed by atoms with E-state index < -0.39 is 0 Å². The molecule has 20 heavy (non-hydrogen) atoms. The maximum atomic E-state index is 13.0. The first kappa shape index (κ1) is 15.0. The van der Waals surface area contributed by atoms with Crippen LogP contribution in [0.15, 0.2) is 18.2 Å². The largest absolute Gasteiger partial charge is 0.354 e. The van der Waals surface area contributed by atoms with Gasteiger partial charge in [-0.1, -0.05) is 13.0 Å². The summed E-state index contributed by atoms with van der Waals surface area (Å²) in [7, 11) is 0. The molecule has 110 valence electrons. The summed E-state index contributed by atoms with van der Waals surface area (Å²) in [6.07, 6.45) is 2.97. The molecule has 3 nitrogen and oxygen atoms in total. The number of amides is 1. The molecular weight excluding hydrogens is 255 g/mol. The second-order valence-electron chi connectivity index (χ2n) is 5.66. The van der Waals surface area contributed by atoms with Crippen LogP contribution in [0.1, 0.15) is 30.9 Å². The van der Waals surface area contributed by atoms with E-state index in [1.54, 1.807) is 6.07 Å². The summed E-state index contributed by atoms with van der Waals surface area (Å²) < 4.78 is 13.0. The Labute approximate surface area is 120 Å². The summed E-state index contributed by atoms with van der Waals surface area (Å²) >= 11 is 0. The standard InChI is InChI=1S/C16H23FN2O/c1-11-4-3-8-18-15(11)16(20)19-9-7-13-5-6-14(17)10-12(13)2/h5-6,10-11,15,18H,3-4,7-9H2,1-2H3,(H,19,20). The molecule has 4 heteroatoms. The zero-order valence-corrected chi connectivity index (χ0v) is 12.2. The number of hydrogen-bond donors (Lipinski definition) is 2. The molecule has 0 bridgehead atoms. The van der Waals surface area contributed by atoms with Crippen molar-refractivity contribution >= 4 is 5.91 Å². The normalized spacial score (nSPS) is 22.6. The third kappa shape index (κ3) is 3.79. The zero-order valence-electron chi connectivity index (χ0n) is 12.2. The van der Waals surface area contributed by atoms with Crippen molar-refractivity contribution in [3.63, 3.8) is 0 Å². The molecule has 0 radical (unpaired) electrons. The van der Waals surface area contributed by atoms with E-state index in [1.165, 1.54) is 12.1 Å². The van der Waals surface area contributed by atoms with Gasteiger partial charge in [-0.25, -0.2) is 4.39 Å². The summed E-state index contributed by atoms with van der Waals surface area (Å²) in [6, 6.07) is 4.72. The molecule has 2 rings (SSSR count). The van der Waals surface area contributed by atoms with E-state index in [2.05, 4.69) is 17.6 Å². The van der Waals surface area contributed by atoms with Crippen LogP contribution in [0.3, 0.4) is 0 Å². The van der Waals surface area contributed by atoms with E-state index in [9.17, 15) is 9.18 Å². The molecule has 0 spiro atoms. The van der Waals surface area contributed by atoms with Gasteiger partial charge in [0.1, 0.15) is 5.82 Å². The molecule has 0 aliphatic carbocycles. The first-order valence-electron chi connectivity index (χ1n) is 7.34. The lowest BCUT2D eigenvalue weighted by Crippen LogP contribution is -2.51. The number of nitrogens with one attached hydrogen (secondary N) is 2. The number of hydrogen-bond acceptors (Lipinski definition) is 2. The smallest absolute Gasteiger partial charge is 0.237 e. The van der Waals surface area contributed by atoms with Gasteiger partial charge in [0, 0.05) is 6.54 Å². The maximum Gasteiger partial charge on any atom is 0.237 e. The highest BCUT2D eigenvalue weighted by Gasteiger charge is 2.26. The average Bonchev–Trinajstić information content (AvgIpc) is 2.41. The third-order valence-corrected chi connectivity index (χ3v) is 4.05. The van der Waals surface area contributed by atoms with Crippen LogP contribution in [0.5, 0.6) is 0 Å². The molecule has 1 aliphatic heterocycles. The minimum atomic E-state index is -0.212. The fourth-order valence-electron chi connectivity index (χ4n) is 2.77. The predicted molar refractivity (Wildman–Crippen MR) is 78.0 cm³/mol. The zero-order chi connectivity index (χ0) is 14.5. The first-order chi connectivity index (χ1) is 9.58. The Morgan fingerprint density at radius 1 is 1.50 bits per heavy atom. The van der Waals surface area contributed by atoms with Crippen LogP contribution in [-0.4, -0.2) is 25.0 Å². The van der Waals surface area contributed by atoms with Gasteiger partial charge in [-0.05, 0) is 61.9 Å². The minimum absolute atomic E-state index is 0.0712. The molecule has 1 saturated heterocycles. The second-order valence-corrected chi connectivity index (χ2v) is 5.66. The van der Waals surface area contributed by atoms with Gasteiger partial charge in [-0.2, -0.15) is 0 Å². The van der Waals surface area contributed by atoms with Crippen LogP contribution in [0.25, 0.3) is 0 Å². The summed E-state index contributed by atoms with van der Waals surface area (Å²) in [4.78, 5) is 12.1. The van der Waals surface area contributed by atoms with Gasteiger partial charge in [-0.3, -0.25) is 4.79 Å². The molecule has 1 fully saturated rings. The summed E-state index contributed by atoms with van der Waals surface area (Å²) in [5.74, 6) is 0.254. The predicted octanol–water partition coefficient (Wildman–Crippen LogP) is 2.18. The van der Waals surface area contributed by atoms with E-state index in [-0.39, 0.29) is 17.8 Å². The van der Waals surface area contributed by atoms with Crippen LogP contribution in [0.2, 0.25) is 0 Å². The minimum Gasteiger partial charge on any atom is -0.354 e. The van der Waals surface area contributed by atoms with E-state index in [0.29, 0.717) is 12.5 Å². The SMILES string of the molecule is Cc1cc(F)ccc1CCNC(=O)C1NCCCC1C. The second kappa shape index (κ2) is 6.84. The Hall–Kier alpha value is -1.42. The van der Waals surface area contributed by atoms with Crippen LogP contribution in [0.4, 0.5) is 4.39 Å². The Bertz CT molecular complexity index is 476. The Balaban J connectivity index is 1.81. The molecular formula is C16H23FN2O. The third-order valence-electron chi connectivity index (χ3n) is 4.05. The monoisotopic (exact) mass is 278 g/mol. The Morgan fingerprint density at radius 2 is 2.30 bits per heavy atom. The number of rotatable bonds is 4. The van der Waals surface area contributed by atoms with Crippen LogP contribution >= 0.6 is 0 Å². The van der Waals surface area contributed by atoms with Gasteiger partial charge in [0.25, 0.3) is 0 Å². The topological polar surface area (TPSA) is 41.1 Å². The average molecular weight is 278 g/mol. The molecule has 0 aromatic heterocycles. The lowest BCUT2D eigenvalue weighted by molar-refractivity contribution is -0.124.